The Balaban J connectivity index is 1.38. The fourth-order valence-corrected chi connectivity index (χ4v) is 5.54. The van der Waals surface area contributed by atoms with Crippen molar-refractivity contribution in [1.82, 2.24) is 15.2 Å². The number of urea groups is 1. The predicted molar refractivity (Wildman–Crippen MR) is 147 cm³/mol. The van der Waals surface area contributed by atoms with Crippen molar-refractivity contribution in [3.63, 3.8) is 0 Å². The number of aryl methyl sites for hydroxylation is 3. The Hall–Kier alpha value is -3.23. The summed E-state index contributed by atoms with van der Waals surface area (Å²) in [6.07, 6.45) is 1.79. The number of benzene rings is 2. The molecule has 3 amide bonds. The van der Waals surface area contributed by atoms with Crippen LogP contribution in [-0.4, -0.2) is 47.5 Å². The molecule has 3 aromatic rings. The second kappa shape index (κ2) is 11.7. The van der Waals surface area contributed by atoms with E-state index in [1.165, 1.54) is 16.9 Å². The molecule has 2 aromatic carbocycles. The van der Waals surface area contributed by atoms with Crippen molar-refractivity contribution in [2.75, 3.05) is 29.9 Å². The molecule has 1 aromatic heterocycles. The van der Waals surface area contributed by atoms with E-state index in [0.29, 0.717) is 17.2 Å². The first-order valence-corrected chi connectivity index (χ1v) is 13.4. The molecule has 0 unspecified atom stereocenters. The van der Waals surface area contributed by atoms with E-state index in [-0.39, 0.29) is 18.0 Å². The summed E-state index contributed by atoms with van der Waals surface area (Å²) >= 11 is 1.25. The Morgan fingerprint density at radius 2 is 1.75 bits per heavy atom. The zero-order chi connectivity index (χ0) is 25.7. The highest BCUT2D eigenvalue weighted by Crippen LogP contribution is 2.27. The maximum Gasteiger partial charge on any atom is 0.323 e. The van der Waals surface area contributed by atoms with Crippen LogP contribution in [0.5, 0.6) is 0 Å². The molecular formula is C28H35N5O2S. The Morgan fingerprint density at radius 1 is 1.08 bits per heavy atom. The molecule has 1 aliphatic heterocycles. The SMILES string of the molecule is CCN(C(=O)NC1CCN(Cc2ccccc2)CC1)c1ncsc1C(=O)Nc1c(C)cc(C)cc1C. The van der Waals surface area contributed by atoms with Crippen molar-refractivity contribution in [3.05, 3.63) is 75.1 Å². The molecule has 1 aliphatic rings. The van der Waals surface area contributed by atoms with Gasteiger partial charge in [-0.15, -0.1) is 11.3 Å². The molecule has 4 rings (SSSR count). The first kappa shape index (κ1) is 25.9. The molecule has 36 heavy (non-hydrogen) atoms. The molecule has 0 bridgehead atoms. The van der Waals surface area contributed by atoms with Crippen molar-refractivity contribution < 1.29 is 9.59 Å². The Morgan fingerprint density at radius 3 is 2.39 bits per heavy atom. The molecule has 1 fully saturated rings. The number of anilines is 2. The van der Waals surface area contributed by atoms with Gasteiger partial charge < -0.3 is 10.6 Å². The molecule has 1 saturated heterocycles. The first-order valence-electron chi connectivity index (χ1n) is 12.5. The van der Waals surface area contributed by atoms with Crippen LogP contribution in [0.25, 0.3) is 0 Å². The largest absolute Gasteiger partial charge is 0.335 e. The highest BCUT2D eigenvalue weighted by Gasteiger charge is 2.27. The molecule has 0 spiro atoms. The van der Waals surface area contributed by atoms with E-state index in [1.54, 1.807) is 10.4 Å². The second-order valence-corrected chi connectivity index (χ2v) is 10.3. The van der Waals surface area contributed by atoms with Crippen molar-refractivity contribution in [1.29, 1.82) is 0 Å². The van der Waals surface area contributed by atoms with Gasteiger partial charge in [-0.25, -0.2) is 9.78 Å². The molecule has 7 nitrogen and oxygen atoms in total. The fraction of sp³-hybridized carbons (Fsp3) is 0.393. The van der Waals surface area contributed by atoms with Gasteiger partial charge >= 0.3 is 6.03 Å². The summed E-state index contributed by atoms with van der Waals surface area (Å²) in [5.74, 6) is 0.157. The third-order valence-corrected chi connectivity index (χ3v) is 7.47. The normalized spacial score (nSPS) is 14.4. The smallest absolute Gasteiger partial charge is 0.323 e. The van der Waals surface area contributed by atoms with Gasteiger partial charge in [-0.1, -0.05) is 48.0 Å². The standard InChI is InChI=1S/C28H35N5O2S/c1-5-33(28(35)30-23-11-13-32(14-12-23)17-22-9-7-6-8-10-22)26-25(36-18-29-26)27(34)31-24-20(3)15-19(2)16-21(24)4/h6-10,15-16,18,23H,5,11-14,17H2,1-4H3,(H,30,35)(H,31,34). The lowest BCUT2D eigenvalue weighted by Gasteiger charge is -2.33. The maximum atomic E-state index is 13.2. The number of likely N-dealkylation sites (tertiary alicyclic amines) is 1. The van der Waals surface area contributed by atoms with Gasteiger partial charge in [-0.3, -0.25) is 14.6 Å². The van der Waals surface area contributed by atoms with Gasteiger partial charge in [-0.05, 0) is 57.2 Å². The summed E-state index contributed by atoms with van der Waals surface area (Å²) < 4.78 is 0. The lowest BCUT2D eigenvalue weighted by atomic mass is 10.0. The van der Waals surface area contributed by atoms with Crippen molar-refractivity contribution in [2.45, 2.75) is 53.1 Å². The number of amides is 3. The lowest BCUT2D eigenvalue weighted by Crippen LogP contribution is -2.49. The molecule has 8 heteroatoms. The zero-order valence-electron chi connectivity index (χ0n) is 21.5. The van der Waals surface area contributed by atoms with Crippen LogP contribution < -0.4 is 15.5 Å². The molecule has 2 N–H and O–H groups in total. The van der Waals surface area contributed by atoms with E-state index in [2.05, 4.69) is 44.8 Å². The van der Waals surface area contributed by atoms with Crippen molar-refractivity contribution >= 4 is 34.8 Å². The average Bonchev–Trinajstić information content (AvgIpc) is 3.33. The van der Waals surface area contributed by atoms with Crippen LogP contribution in [0.3, 0.4) is 0 Å². The van der Waals surface area contributed by atoms with Crippen molar-refractivity contribution in [3.8, 4) is 0 Å². The quantitative estimate of drug-likeness (QED) is 0.443. The second-order valence-electron chi connectivity index (χ2n) is 9.46. The summed E-state index contributed by atoms with van der Waals surface area (Å²) in [5, 5.41) is 6.22. The van der Waals surface area contributed by atoms with Crippen LogP contribution in [0.15, 0.2) is 48.0 Å². The van der Waals surface area contributed by atoms with Crippen LogP contribution in [-0.2, 0) is 6.54 Å². The maximum absolute atomic E-state index is 13.2. The number of aromatic nitrogens is 1. The van der Waals surface area contributed by atoms with E-state index >= 15 is 0 Å². The summed E-state index contributed by atoms with van der Waals surface area (Å²) in [5.41, 5.74) is 6.91. The molecule has 0 radical (unpaired) electrons. The lowest BCUT2D eigenvalue weighted by molar-refractivity contribution is 0.103. The van der Waals surface area contributed by atoms with E-state index in [0.717, 1.165) is 54.9 Å². The average molecular weight is 506 g/mol. The highest BCUT2D eigenvalue weighted by molar-refractivity contribution is 7.12. The molecule has 190 valence electrons. The molecule has 0 aliphatic carbocycles. The third-order valence-electron chi connectivity index (χ3n) is 6.65. The highest BCUT2D eigenvalue weighted by atomic mass is 32.1. The summed E-state index contributed by atoms with van der Waals surface area (Å²) in [4.78, 5) is 35.2. The number of carbonyl (C=O) groups excluding carboxylic acids is 2. The van der Waals surface area contributed by atoms with Gasteiger partial charge in [0.1, 0.15) is 4.88 Å². The number of carbonyl (C=O) groups is 2. The summed E-state index contributed by atoms with van der Waals surface area (Å²) in [6.45, 7) is 11.1. The van der Waals surface area contributed by atoms with Crippen LogP contribution >= 0.6 is 11.3 Å². The Bertz CT molecular complexity index is 1180. The molecule has 0 atom stereocenters. The van der Waals surface area contributed by atoms with E-state index in [9.17, 15) is 9.59 Å². The topological polar surface area (TPSA) is 77.6 Å². The van der Waals surface area contributed by atoms with Gasteiger partial charge in [0.25, 0.3) is 5.91 Å². The number of nitrogens with zero attached hydrogens (tertiary/aromatic N) is 3. The number of nitrogens with one attached hydrogen (secondary N) is 2. The first-order chi connectivity index (χ1) is 17.4. The minimum atomic E-state index is -0.247. The number of rotatable bonds is 7. The van der Waals surface area contributed by atoms with Crippen LogP contribution in [0.1, 0.15) is 51.7 Å². The third kappa shape index (κ3) is 6.12. The monoisotopic (exact) mass is 505 g/mol. The van der Waals surface area contributed by atoms with E-state index in [4.69, 9.17) is 0 Å². The van der Waals surface area contributed by atoms with E-state index < -0.39 is 0 Å². The van der Waals surface area contributed by atoms with Gasteiger partial charge in [0.15, 0.2) is 5.82 Å². The minimum Gasteiger partial charge on any atom is -0.335 e. The van der Waals surface area contributed by atoms with Crippen LogP contribution in [0.4, 0.5) is 16.3 Å². The molecule has 2 heterocycles. The zero-order valence-corrected chi connectivity index (χ0v) is 22.3. The summed E-state index contributed by atoms with van der Waals surface area (Å²) in [6, 6.07) is 14.5. The van der Waals surface area contributed by atoms with Gasteiger partial charge in [0.05, 0.1) is 5.51 Å². The molecule has 0 saturated carbocycles. The minimum absolute atomic E-state index is 0.104. The van der Waals surface area contributed by atoms with Gasteiger partial charge in [0.2, 0.25) is 0 Å². The van der Waals surface area contributed by atoms with Crippen molar-refractivity contribution in [2.24, 2.45) is 0 Å². The predicted octanol–water partition coefficient (Wildman–Crippen LogP) is 5.52. The number of piperidine rings is 1. The molecular weight excluding hydrogens is 470 g/mol. The number of hydrogen-bond acceptors (Lipinski definition) is 5. The van der Waals surface area contributed by atoms with Gasteiger partial charge in [0, 0.05) is 37.9 Å². The van der Waals surface area contributed by atoms with E-state index in [1.807, 2.05) is 45.9 Å². The van der Waals surface area contributed by atoms with Crippen LogP contribution in [0.2, 0.25) is 0 Å². The van der Waals surface area contributed by atoms with Crippen LogP contribution in [0, 0.1) is 20.8 Å². The number of thiazole rings is 1. The Labute approximate surface area is 217 Å². The Kier molecular flexibility index (Phi) is 8.38. The fourth-order valence-electron chi connectivity index (χ4n) is 4.85. The number of hydrogen-bond donors (Lipinski definition) is 2. The van der Waals surface area contributed by atoms with Gasteiger partial charge in [-0.2, -0.15) is 0 Å². The summed E-state index contributed by atoms with van der Waals surface area (Å²) in [7, 11) is 0.